The van der Waals surface area contributed by atoms with Gasteiger partial charge in [-0.3, -0.25) is 9.59 Å². The molecule has 0 bridgehead atoms. The number of thioether (sulfide) groups is 1. The number of allylic oxidation sites excluding steroid dienone is 4. The van der Waals surface area contributed by atoms with Crippen LogP contribution in [0.25, 0.3) is 0 Å². The molecule has 2 fully saturated rings. The lowest BCUT2D eigenvalue weighted by Crippen LogP contribution is -2.26. The molecule has 3 aliphatic carbocycles. The number of hydrogen-bond acceptors (Lipinski definition) is 5. The summed E-state index contributed by atoms with van der Waals surface area (Å²) in [4.78, 5) is 27.6. The molecule has 0 saturated heterocycles. The van der Waals surface area contributed by atoms with Gasteiger partial charge in [0.05, 0.1) is 16.2 Å². The number of anilines is 1. The molecule has 0 spiro atoms. The summed E-state index contributed by atoms with van der Waals surface area (Å²) in [7, 11) is 0. The van der Waals surface area contributed by atoms with E-state index in [4.69, 9.17) is 5.11 Å². The van der Waals surface area contributed by atoms with Crippen molar-refractivity contribution in [2.75, 3.05) is 11.1 Å². The maximum Gasteiger partial charge on any atom is 0.313 e. The van der Waals surface area contributed by atoms with Crippen LogP contribution in [0.15, 0.2) is 33.7 Å². The van der Waals surface area contributed by atoms with Crippen LogP contribution in [0.5, 0.6) is 0 Å². The van der Waals surface area contributed by atoms with Crippen molar-refractivity contribution < 1.29 is 14.7 Å². The first-order valence-electron chi connectivity index (χ1n) is 11.6. The summed E-state index contributed by atoms with van der Waals surface area (Å²) in [5, 5.41) is 12.3. The van der Waals surface area contributed by atoms with Gasteiger partial charge in [-0.25, -0.2) is 4.98 Å². The second-order valence-electron chi connectivity index (χ2n) is 9.02. The highest BCUT2D eigenvalue weighted by Gasteiger charge is 2.36. The third kappa shape index (κ3) is 6.22. The Kier molecular flexibility index (Phi) is 7.88. The Morgan fingerprint density at radius 1 is 1.13 bits per heavy atom. The van der Waals surface area contributed by atoms with Gasteiger partial charge in [0.1, 0.15) is 0 Å². The van der Waals surface area contributed by atoms with E-state index in [1.54, 1.807) is 17.3 Å². The van der Waals surface area contributed by atoms with Crippen LogP contribution in [-0.4, -0.2) is 27.7 Å². The predicted octanol–water partition coefficient (Wildman–Crippen LogP) is 6.29. The number of carbonyl (C=O) groups is 2. The molecule has 168 valence electrons. The third-order valence-electron chi connectivity index (χ3n) is 6.96. The monoisotopic (exact) mass is 460 g/mol. The molecular weight excluding hydrogens is 428 g/mol. The normalized spacial score (nSPS) is 20.6. The minimum Gasteiger partial charge on any atom is -0.481 e. The Morgan fingerprint density at radius 3 is 2.52 bits per heavy atom. The van der Waals surface area contributed by atoms with Crippen LogP contribution < -0.4 is 5.32 Å². The fourth-order valence-corrected chi connectivity index (χ4v) is 7.17. The van der Waals surface area contributed by atoms with Crippen molar-refractivity contribution in [3.8, 4) is 0 Å². The molecule has 1 amide bonds. The van der Waals surface area contributed by atoms with E-state index in [1.807, 2.05) is 0 Å². The van der Waals surface area contributed by atoms with Crippen molar-refractivity contribution in [2.45, 2.75) is 74.8 Å². The van der Waals surface area contributed by atoms with Crippen LogP contribution in [-0.2, 0) is 9.59 Å². The summed E-state index contributed by atoms with van der Waals surface area (Å²) < 4.78 is 0.813. The van der Waals surface area contributed by atoms with Gasteiger partial charge in [-0.1, -0.05) is 55.6 Å². The number of fused-ring (bicyclic) bond motifs is 1. The van der Waals surface area contributed by atoms with E-state index >= 15 is 0 Å². The molecule has 2 N–H and O–H groups in total. The number of amides is 1. The van der Waals surface area contributed by atoms with Crippen molar-refractivity contribution in [1.29, 1.82) is 0 Å². The summed E-state index contributed by atoms with van der Waals surface area (Å²) in [6.45, 7) is 0. The Bertz CT molecular complexity index is 833. The Balaban J connectivity index is 1.34. The van der Waals surface area contributed by atoms with Gasteiger partial charge in [-0.2, -0.15) is 0 Å². The number of nitrogens with zero attached hydrogens (tertiary/aromatic N) is 1. The maximum absolute atomic E-state index is 12.7. The third-order valence-corrected chi connectivity index (χ3v) is 9.05. The molecule has 1 atom stereocenters. The number of aliphatic carboxylic acids is 1. The van der Waals surface area contributed by atoms with Gasteiger partial charge < -0.3 is 10.4 Å². The maximum atomic E-state index is 12.7. The molecule has 31 heavy (non-hydrogen) atoms. The van der Waals surface area contributed by atoms with Gasteiger partial charge >= 0.3 is 5.97 Å². The average Bonchev–Trinajstić information content (AvgIpc) is 3.40. The zero-order valence-corrected chi connectivity index (χ0v) is 19.6. The number of nitrogens with one attached hydrogen (secondary N) is 1. The van der Waals surface area contributed by atoms with E-state index in [9.17, 15) is 9.59 Å². The molecule has 0 radical (unpaired) electrons. The highest BCUT2D eigenvalue weighted by atomic mass is 32.2. The van der Waals surface area contributed by atoms with Gasteiger partial charge in [0, 0.05) is 6.42 Å². The standard InChI is InChI=1S/C24H32N2O3S2/c27-21(26-24-25-14-23(31-24)30-15-22(28)29)11-10-20(16-6-2-1-3-7-16)19-12-17-8-4-5-9-18(17)13-19/h8-9,14,16,19-20H,1-7,10-13,15H2,(H,28,29)(H,25,26,27). The van der Waals surface area contributed by atoms with Gasteiger partial charge in [0.25, 0.3) is 0 Å². The number of hydrogen-bond donors (Lipinski definition) is 2. The van der Waals surface area contributed by atoms with Crippen LogP contribution in [0.1, 0.15) is 70.6 Å². The zero-order valence-electron chi connectivity index (χ0n) is 18.0. The lowest BCUT2D eigenvalue weighted by molar-refractivity contribution is -0.133. The second-order valence-corrected chi connectivity index (χ2v) is 11.3. The number of carboxylic acid groups (broad SMARTS) is 1. The molecule has 3 aliphatic rings. The molecule has 5 nitrogen and oxygen atoms in total. The number of rotatable bonds is 9. The summed E-state index contributed by atoms with van der Waals surface area (Å²) >= 11 is 2.58. The van der Waals surface area contributed by atoms with Crippen molar-refractivity contribution in [1.82, 2.24) is 4.98 Å². The summed E-state index contributed by atoms with van der Waals surface area (Å²) in [5.74, 6) is 1.25. The topological polar surface area (TPSA) is 79.3 Å². The minimum absolute atomic E-state index is 0.00685. The number of aromatic nitrogens is 1. The van der Waals surface area contributed by atoms with Gasteiger partial charge in [0.2, 0.25) is 5.91 Å². The molecule has 2 saturated carbocycles. The quantitative estimate of drug-likeness (QED) is 0.423. The molecule has 0 aromatic carbocycles. The van der Waals surface area contributed by atoms with Crippen LogP contribution in [0.4, 0.5) is 5.13 Å². The lowest BCUT2D eigenvalue weighted by atomic mass is 9.71. The predicted molar refractivity (Wildman–Crippen MR) is 127 cm³/mol. The number of carboxylic acids is 1. The molecule has 0 aliphatic heterocycles. The molecule has 1 aromatic rings. The van der Waals surface area contributed by atoms with E-state index in [-0.39, 0.29) is 11.7 Å². The van der Waals surface area contributed by atoms with Crippen molar-refractivity contribution in [3.63, 3.8) is 0 Å². The molecule has 1 unspecified atom stereocenters. The van der Waals surface area contributed by atoms with E-state index in [1.165, 1.54) is 80.9 Å². The molecule has 7 heteroatoms. The summed E-state index contributed by atoms with van der Waals surface area (Å²) in [6, 6.07) is 0. The minimum atomic E-state index is -0.851. The molecular formula is C24H32N2O3S2. The van der Waals surface area contributed by atoms with Crippen molar-refractivity contribution >= 4 is 40.1 Å². The summed E-state index contributed by atoms with van der Waals surface area (Å²) in [6.07, 6.45) is 19.4. The highest BCUT2D eigenvalue weighted by molar-refractivity contribution is 8.01. The average molecular weight is 461 g/mol. The molecule has 1 heterocycles. The first-order chi connectivity index (χ1) is 15.1. The zero-order chi connectivity index (χ0) is 21.6. The SMILES string of the molecule is O=C(O)CSc1cnc(NC(=O)CCC(C2CCCCC2)C2CC3=CCCC=C3C2)s1. The van der Waals surface area contributed by atoms with Crippen LogP contribution in [0.3, 0.4) is 0 Å². The van der Waals surface area contributed by atoms with Gasteiger partial charge in [0.15, 0.2) is 5.13 Å². The van der Waals surface area contributed by atoms with E-state index in [0.717, 1.165) is 16.5 Å². The fraction of sp³-hybridized carbons (Fsp3) is 0.625. The molecule has 1 aromatic heterocycles. The number of carbonyl (C=O) groups excluding carboxylic acids is 1. The summed E-state index contributed by atoms with van der Waals surface area (Å²) in [5.41, 5.74) is 3.16. The van der Waals surface area contributed by atoms with Crippen LogP contribution in [0, 0.1) is 17.8 Å². The van der Waals surface area contributed by atoms with Gasteiger partial charge in [-0.15, -0.1) is 11.8 Å². The Labute approximate surface area is 192 Å². The lowest BCUT2D eigenvalue weighted by Gasteiger charge is -2.34. The van der Waals surface area contributed by atoms with Crippen LogP contribution >= 0.6 is 23.1 Å². The largest absolute Gasteiger partial charge is 0.481 e. The number of thiazole rings is 1. The highest BCUT2D eigenvalue weighted by Crippen LogP contribution is 2.47. The Hall–Kier alpha value is -1.60. The molecule has 4 rings (SSSR count). The van der Waals surface area contributed by atoms with Gasteiger partial charge in [-0.05, 0) is 61.0 Å². The first-order valence-corrected chi connectivity index (χ1v) is 13.4. The fourth-order valence-electron chi connectivity index (χ4n) is 5.56. The van der Waals surface area contributed by atoms with Crippen LogP contribution in [0.2, 0.25) is 0 Å². The first kappa shape index (κ1) is 22.6. The van der Waals surface area contributed by atoms with E-state index in [2.05, 4.69) is 22.5 Å². The van der Waals surface area contributed by atoms with E-state index in [0.29, 0.717) is 23.4 Å². The second kappa shape index (κ2) is 10.8. The Morgan fingerprint density at radius 2 is 1.84 bits per heavy atom. The van der Waals surface area contributed by atoms with Crippen molar-refractivity contribution in [3.05, 3.63) is 29.5 Å². The smallest absolute Gasteiger partial charge is 0.313 e. The van der Waals surface area contributed by atoms with Crippen molar-refractivity contribution in [2.24, 2.45) is 17.8 Å². The van der Waals surface area contributed by atoms with E-state index < -0.39 is 5.97 Å².